The zero-order valence-corrected chi connectivity index (χ0v) is 13.0. The van der Waals surface area contributed by atoms with E-state index >= 15 is 0 Å². The van der Waals surface area contributed by atoms with E-state index in [0.717, 1.165) is 45.1 Å². The Morgan fingerprint density at radius 2 is 2.23 bits per heavy atom. The van der Waals surface area contributed by atoms with Gasteiger partial charge in [-0.3, -0.25) is 9.69 Å². The van der Waals surface area contributed by atoms with Crippen LogP contribution in [0.25, 0.3) is 0 Å². The summed E-state index contributed by atoms with van der Waals surface area (Å²) in [4.78, 5) is 22.8. The average molecular weight is 305 g/mol. The highest BCUT2D eigenvalue weighted by atomic mass is 16.5. The van der Waals surface area contributed by atoms with Gasteiger partial charge in [-0.25, -0.2) is 9.97 Å². The number of carbonyl (C=O) groups excluding carboxylic acids is 1. The number of morpholine rings is 1. The number of aryl methyl sites for hydroxylation is 1. The minimum absolute atomic E-state index is 0.221. The molecule has 7 heteroatoms. The molecule has 1 amide bonds. The molecule has 7 nitrogen and oxygen atoms in total. The lowest BCUT2D eigenvalue weighted by Crippen LogP contribution is -2.39. The molecule has 2 rings (SSSR count). The summed E-state index contributed by atoms with van der Waals surface area (Å²) in [5.41, 5.74) is 1.12. The van der Waals surface area contributed by atoms with Crippen molar-refractivity contribution in [3.8, 4) is 0 Å². The van der Waals surface area contributed by atoms with E-state index in [-0.39, 0.29) is 5.91 Å². The molecule has 1 aliphatic heterocycles. The van der Waals surface area contributed by atoms with E-state index in [2.05, 4.69) is 32.1 Å². The Morgan fingerprint density at radius 1 is 1.45 bits per heavy atom. The predicted octanol–water partition coefficient (Wildman–Crippen LogP) is 0.445. The Bertz CT molecular complexity index is 515. The van der Waals surface area contributed by atoms with Crippen LogP contribution in [0.4, 0.5) is 5.95 Å². The molecule has 1 fully saturated rings. The smallest absolute Gasteiger partial charge is 0.270 e. The van der Waals surface area contributed by atoms with Crippen molar-refractivity contribution in [3.63, 3.8) is 0 Å². The lowest BCUT2D eigenvalue weighted by Gasteiger charge is -2.26. The molecular weight excluding hydrogens is 282 g/mol. The summed E-state index contributed by atoms with van der Waals surface area (Å²) in [6.45, 7) is 10.9. The monoisotopic (exact) mass is 305 g/mol. The molecule has 0 bridgehead atoms. The van der Waals surface area contributed by atoms with Crippen LogP contribution >= 0.6 is 0 Å². The molecule has 22 heavy (non-hydrogen) atoms. The molecule has 0 spiro atoms. The summed E-state index contributed by atoms with van der Waals surface area (Å²) in [7, 11) is 0. The second kappa shape index (κ2) is 8.45. The summed E-state index contributed by atoms with van der Waals surface area (Å²) >= 11 is 0. The van der Waals surface area contributed by atoms with Gasteiger partial charge in [0.25, 0.3) is 5.91 Å². The normalized spacial score (nSPS) is 15.3. The zero-order valence-electron chi connectivity index (χ0n) is 13.0. The number of aromatic nitrogens is 2. The fourth-order valence-corrected chi connectivity index (χ4v) is 2.17. The zero-order chi connectivity index (χ0) is 15.8. The number of anilines is 1. The van der Waals surface area contributed by atoms with Crippen LogP contribution in [-0.4, -0.2) is 66.7 Å². The van der Waals surface area contributed by atoms with Crippen LogP contribution in [0.3, 0.4) is 0 Å². The van der Waals surface area contributed by atoms with Gasteiger partial charge < -0.3 is 15.4 Å². The largest absolute Gasteiger partial charge is 0.379 e. The van der Waals surface area contributed by atoms with E-state index in [0.29, 0.717) is 18.2 Å². The molecule has 0 aliphatic carbocycles. The molecule has 0 saturated carbocycles. The van der Waals surface area contributed by atoms with E-state index in [1.54, 1.807) is 12.1 Å². The molecule has 2 N–H and O–H groups in total. The van der Waals surface area contributed by atoms with Gasteiger partial charge in [0.1, 0.15) is 5.69 Å². The number of carbonyl (C=O) groups is 1. The van der Waals surface area contributed by atoms with Gasteiger partial charge in [-0.1, -0.05) is 6.08 Å². The third-order valence-corrected chi connectivity index (χ3v) is 3.31. The average Bonchev–Trinajstić information content (AvgIpc) is 2.53. The topological polar surface area (TPSA) is 79.4 Å². The van der Waals surface area contributed by atoms with Crippen molar-refractivity contribution in [2.45, 2.75) is 6.92 Å². The Balaban J connectivity index is 1.88. The van der Waals surface area contributed by atoms with Crippen molar-refractivity contribution >= 4 is 11.9 Å². The first kappa shape index (κ1) is 16.4. The van der Waals surface area contributed by atoms with Crippen LogP contribution in [0, 0.1) is 6.92 Å². The second-order valence-corrected chi connectivity index (χ2v) is 5.10. The van der Waals surface area contributed by atoms with E-state index in [1.165, 1.54) is 0 Å². The Hall–Kier alpha value is -1.99. The lowest BCUT2D eigenvalue weighted by molar-refractivity contribution is 0.0398. The molecule has 0 radical (unpaired) electrons. The summed E-state index contributed by atoms with van der Waals surface area (Å²) in [5.74, 6) is 0.263. The van der Waals surface area contributed by atoms with Crippen LogP contribution in [0.2, 0.25) is 0 Å². The van der Waals surface area contributed by atoms with Gasteiger partial charge in [0, 0.05) is 38.4 Å². The van der Waals surface area contributed by atoms with E-state index < -0.39 is 0 Å². The fourth-order valence-electron chi connectivity index (χ4n) is 2.17. The molecule has 1 aromatic heterocycles. The first-order valence-corrected chi connectivity index (χ1v) is 7.48. The van der Waals surface area contributed by atoms with Crippen LogP contribution in [0.5, 0.6) is 0 Å². The molecule has 1 saturated heterocycles. The fraction of sp³-hybridized carbons (Fsp3) is 0.533. The summed E-state index contributed by atoms with van der Waals surface area (Å²) < 4.78 is 5.32. The van der Waals surface area contributed by atoms with Gasteiger partial charge >= 0.3 is 0 Å². The number of rotatable bonds is 7. The van der Waals surface area contributed by atoms with E-state index in [4.69, 9.17) is 4.74 Å². The van der Waals surface area contributed by atoms with Gasteiger partial charge in [0.15, 0.2) is 0 Å². The van der Waals surface area contributed by atoms with Crippen molar-refractivity contribution in [1.29, 1.82) is 0 Å². The minimum Gasteiger partial charge on any atom is -0.379 e. The molecule has 0 atom stereocenters. The van der Waals surface area contributed by atoms with E-state index in [1.807, 2.05) is 6.92 Å². The second-order valence-electron chi connectivity index (χ2n) is 5.10. The summed E-state index contributed by atoms with van der Waals surface area (Å²) in [6, 6.07) is 1.67. The highest BCUT2D eigenvalue weighted by molar-refractivity contribution is 5.92. The van der Waals surface area contributed by atoms with E-state index in [9.17, 15) is 4.79 Å². The molecule has 0 aromatic carbocycles. The number of nitrogens with zero attached hydrogens (tertiary/aromatic N) is 3. The first-order chi connectivity index (χ1) is 10.7. The molecule has 120 valence electrons. The Kier molecular flexibility index (Phi) is 6.29. The van der Waals surface area contributed by atoms with Crippen molar-refractivity contribution in [1.82, 2.24) is 20.2 Å². The summed E-state index contributed by atoms with van der Waals surface area (Å²) in [6.07, 6.45) is 1.63. The lowest BCUT2D eigenvalue weighted by atomic mass is 10.3. The number of hydrogen-bond acceptors (Lipinski definition) is 6. The number of nitrogens with one attached hydrogen (secondary N) is 2. The highest BCUT2D eigenvalue weighted by Crippen LogP contribution is 2.05. The Labute approximate surface area is 130 Å². The van der Waals surface area contributed by atoms with Gasteiger partial charge in [0.2, 0.25) is 5.95 Å². The van der Waals surface area contributed by atoms with Crippen molar-refractivity contribution in [2.75, 3.05) is 51.3 Å². The van der Waals surface area contributed by atoms with Gasteiger partial charge in [0.05, 0.1) is 13.2 Å². The van der Waals surface area contributed by atoms with Crippen molar-refractivity contribution in [3.05, 3.63) is 30.1 Å². The third-order valence-electron chi connectivity index (χ3n) is 3.31. The van der Waals surface area contributed by atoms with Crippen molar-refractivity contribution in [2.24, 2.45) is 0 Å². The van der Waals surface area contributed by atoms with Crippen LogP contribution in [0.1, 0.15) is 16.2 Å². The maximum atomic E-state index is 11.9. The molecule has 1 aliphatic rings. The molecular formula is C15H23N5O2. The molecule has 0 unspecified atom stereocenters. The third kappa shape index (κ3) is 5.09. The van der Waals surface area contributed by atoms with Crippen LogP contribution in [0.15, 0.2) is 18.7 Å². The van der Waals surface area contributed by atoms with Crippen LogP contribution in [-0.2, 0) is 4.74 Å². The van der Waals surface area contributed by atoms with Gasteiger partial charge in [-0.05, 0) is 13.0 Å². The Morgan fingerprint density at radius 3 is 2.95 bits per heavy atom. The SMILES string of the molecule is C=CCNC(=O)c1cc(C)nc(NCCN2CCOCC2)n1. The first-order valence-electron chi connectivity index (χ1n) is 7.48. The highest BCUT2D eigenvalue weighted by Gasteiger charge is 2.11. The van der Waals surface area contributed by atoms with Crippen LogP contribution < -0.4 is 10.6 Å². The summed E-state index contributed by atoms with van der Waals surface area (Å²) in [5, 5.41) is 5.89. The number of amides is 1. The van der Waals surface area contributed by atoms with Gasteiger partial charge in [-0.2, -0.15) is 0 Å². The maximum Gasteiger partial charge on any atom is 0.270 e. The minimum atomic E-state index is -0.221. The quantitative estimate of drug-likeness (QED) is 0.712. The van der Waals surface area contributed by atoms with Gasteiger partial charge in [-0.15, -0.1) is 6.58 Å². The molecule has 2 heterocycles. The molecule has 1 aromatic rings. The number of hydrogen-bond donors (Lipinski definition) is 2. The number of ether oxygens (including phenoxy) is 1. The predicted molar refractivity (Wildman–Crippen MR) is 85.0 cm³/mol. The maximum absolute atomic E-state index is 11.9. The van der Waals surface area contributed by atoms with Crippen molar-refractivity contribution < 1.29 is 9.53 Å². The standard InChI is InChI=1S/C15H23N5O2/c1-3-4-16-14(21)13-11-12(2)18-15(19-13)17-5-6-20-7-9-22-10-8-20/h3,11H,1,4-10H2,2H3,(H,16,21)(H,17,18,19).